The standard InChI is InChI=1S/C10H6N4O2/c1-2-4-11-7(3-1)8-13-14-10(16-8)9-12-5-6-15-9/h1-6H. The number of nitrogens with zero attached hydrogens (tertiary/aromatic N) is 4. The van der Waals surface area contributed by atoms with Crippen LogP contribution in [-0.2, 0) is 0 Å². The Morgan fingerprint density at radius 1 is 0.875 bits per heavy atom. The van der Waals surface area contributed by atoms with Gasteiger partial charge in [-0.3, -0.25) is 4.98 Å². The highest BCUT2D eigenvalue weighted by Crippen LogP contribution is 2.20. The van der Waals surface area contributed by atoms with E-state index in [1.54, 1.807) is 12.3 Å². The van der Waals surface area contributed by atoms with Crippen LogP contribution in [0.5, 0.6) is 0 Å². The molecule has 0 saturated carbocycles. The normalized spacial score (nSPS) is 10.5. The summed E-state index contributed by atoms with van der Waals surface area (Å²) in [6.07, 6.45) is 4.62. The summed E-state index contributed by atoms with van der Waals surface area (Å²) in [4.78, 5) is 8.01. The first kappa shape index (κ1) is 8.78. The molecule has 0 saturated heterocycles. The topological polar surface area (TPSA) is 77.8 Å². The van der Waals surface area contributed by atoms with Crippen LogP contribution in [-0.4, -0.2) is 20.2 Å². The van der Waals surface area contributed by atoms with E-state index in [9.17, 15) is 0 Å². The first-order valence-corrected chi connectivity index (χ1v) is 4.58. The van der Waals surface area contributed by atoms with E-state index in [-0.39, 0.29) is 5.89 Å². The second-order valence-corrected chi connectivity index (χ2v) is 2.96. The number of aromatic nitrogens is 4. The van der Waals surface area contributed by atoms with Gasteiger partial charge in [0.25, 0.3) is 11.8 Å². The minimum absolute atomic E-state index is 0.241. The highest BCUT2D eigenvalue weighted by atomic mass is 16.4. The van der Waals surface area contributed by atoms with Gasteiger partial charge in [-0.05, 0) is 12.1 Å². The molecule has 3 heterocycles. The van der Waals surface area contributed by atoms with Crippen molar-refractivity contribution in [1.29, 1.82) is 0 Å². The summed E-state index contributed by atoms with van der Waals surface area (Å²) in [6, 6.07) is 5.44. The molecule has 0 spiro atoms. The Kier molecular flexibility index (Phi) is 1.96. The zero-order valence-corrected chi connectivity index (χ0v) is 8.07. The smallest absolute Gasteiger partial charge is 0.304 e. The van der Waals surface area contributed by atoms with Gasteiger partial charge in [-0.1, -0.05) is 6.07 Å². The van der Waals surface area contributed by atoms with Crippen molar-refractivity contribution >= 4 is 0 Å². The molecule has 0 radical (unpaired) electrons. The van der Waals surface area contributed by atoms with Crippen molar-refractivity contribution < 1.29 is 8.83 Å². The molecule has 0 aliphatic carbocycles. The van der Waals surface area contributed by atoms with Crippen LogP contribution in [0.4, 0.5) is 0 Å². The third-order valence-corrected chi connectivity index (χ3v) is 1.92. The van der Waals surface area contributed by atoms with Gasteiger partial charge in [0.2, 0.25) is 0 Å². The fourth-order valence-corrected chi connectivity index (χ4v) is 1.23. The van der Waals surface area contributed by atoms with Gasteiger partial charge in [0.1, 0.15) is 12.0 Å². The summed E-state index contributed by atoms with van der Waals surface area (Å²) in [5, 5.41) is 7.69. The van der Waals surface area contributed by atoms with Crippen LogP contribution in [0.2, 0.25) is 0 Å². The lowest BCUT2D eigenvalue weighted by atomic mass is 10.3. The molecule has 6 heteroatoms. The Labute approximate surface area is 90.0 Å². The third-order valence-electron chi connectivity index (χ3n) is 1.92. The van der Waals surface area contributed by atoms with Crippen LogP contribution < -0.4 is 0 Å². The van der Waals surface area contributed by atoms with Gasteiger partial charge in [-0.25, -0.2) is 4.98 Å². The molecule has 0 N–H and O–H groups in total. The molecule has 0 aliphatic heterocycles. The summed E-state index contributed by atoms with van der Waals surface area (Å²) in [6.45, 7) is 0. The molecule has 0 bridgehead atoms. The predicted octanol–water partition coefficient (Wildman–Crippen LogP) is 1.79. The van der Waals surface area contributed by atoms with Gasteiger partial charge in [-0.15, -0.1) is 10.2 Å². The van der Waals surface area contributed by atoms with Crippen molar-refractivity contribution in [2.45, 2.75) is 0 Å². The zero-order chi connectivity index (χ0) is 10.8. The number of oxazole rings is 1. The molecule has 6 nitrogen and oxygen atoms in total. The molecular weight excluding hydrogens is 208 g/mol. The molecule has 3 aromatic rings. The quantitative estimate of drug-likeness (QED) is 0.647. The van der Waals surface area contributed by atoms with Crippen molar-refractivity contribution in [2.75, 3.05) is 0 Å². The van der Waals surface area contributed by atoms with E-state index in [2.05, 4.69) is 20.2 Å². The zero-order valence-electron chi connectivity index (χ0n) is 8.07. The van der Waals surface area contributed by atoms with Crippen LogP contribution in [0.1, 0.15) is 0 Å². The lowest BCUT2D eigenvalue weighted by Gasteiger charge is -1.90. The van der Waals surface area contributed by atoms with Crippen molar-refractivity contribution in [2.24, 2.45) is 0 Å². The molecule has 0 unspecified atom stereocenters. The van der Waals surface area contributed by atoms with Crippen LogP contribution in [0, 0.1) is 0 Å². The van der Waals surface area contributed by atoms with E-state index < -0.39 is 0 Å². The second kappa shape index (κ2) is 3.58. The van der Waals surface area contributed by atoms with E-state index >= 15 is 0 Å². The van der Waals surface area contributed by atoms with Crippen molar-refractivity contribution in [1.82, 2.24) is 20.2 Å². The number of hydrogen-bond donors (Lipinski definition) is 0. The fourth-order valence-electron chi connectivity index (χ4n) is 1.23. The lowest BCUT2D eigenvalue weighted by molar-refractivity contribution is 0.515. The third kappa shape index (κ3) is 1.46. The fraction of sp³-hybridized carbons (Fsp3) is 0. The molecule has 0 atom stereocenters. The van der Waals surface area contributed by atoms with E-state index in [0.29, 0.717) is 17.5 Å². The van der Waals surface area contributed by atoms with Crippen LogP contribution in [0.25, 0.3) is 23.4 Å². The highest BCUT2D eigenvalue weighted by Gasteiger charge is 2.13. The van der Waals surface area contributed by atoms with Crippen LogP contribution in [0.15, 0.2) is 45.7 Å². The van der Waals surface area contributed by atoms with Crippen LogP contribution >= 0.6 is 0 Å². The van der Waals surface area contributed by atoms with Crippen molar-refractivity contribution in [3.05, 3.63) is 36.9 Å². The molecule has 3 aromatic heterocycles. The molecule has 78 valence electrons. The number of rotatable bonds is 2. The van der Waals surface area contributed by atoms with E-state index in [1.807, 2.05) is 12.1 Å². The monoisotopic (exact) mass is 214 g/mol. The van der Waals surface area contributed by atoms with Gasteiger partial charge >= 0.3 is 5.89 Å². The van der Waals surface area contributed by atoms with Gasteiger partial charge in [-0.2, -0.15) is 0 Å². The minimum atomic E-state index is 0.241. The lowest BCUT2D eigenvalue weighted by Crippen LogP contribution is -1.80. The maximum atomic E-state index is 5.37. The SMILES string of the molecule is c1ccc(-c2nnc(-c3ncco3)o2)nc1. The molecule has 0 aromatic carbocycles. The van der Waals surface area contributed by atoms with Gasteiger partial charge in [0.05, 0.1) is 6.20 Å². The molecule has 0 aliphatic rings. The molecule has 3 rings (SSSR count). The first-order chi connectivity index (χ1) is 7.93. The average Bonchev–Trinajstić information content (AvgIpc) is 3.01. The Morgan fingerprint density at radius 2 is 1.81 bits per heavy atom. The van der Waals surface area contributed by atoms with Crippen molar-refractivity contribution in [3.63, 3.8) is 0 Å². The Hall–Kier alpha value is -2.50. The minimum Gasteiger partial charge on any atom is -0.441 e. The Bertz CT molecular complexity index is 574. The predicted molar refractivity (Wildman–Crippen MR) is 53.0 cm³/mol. The molecule has 16 heavy (non-hydrogen) atoms. The summed E-state index contributed by atoms with van der Waals surface area (Å²) < 4.78 is 10.4. The summed E-state index contributed by atoms with van der Waals surface area (Å²) in [5.74, 6) is 0.883. The van der Waals surface area contributed by atoms with Gasteiger partial charge in [0.15, 0.2) is 0 Å². The summed E-state index contributed by atoms with van der Waals surface area (Å²) in [5.41, 5.74) is 0.618. The Balaban J connectivity index is 2.00. The summed E-state index contributed by atoms with van der Waals surface area (Å²) >= 11 is 0. The van der Waals surface area contributed by atoms with E-state index in [0.717, 1.165) is 0 Å². The molecule has 0 fully saturated rings. The molecular formula is C10H6N4O2. The van der Waals surface area contributed by atoms with E-state index in [1.165, 1.54) is 12.5 Å². The van der Waals surface area contributed by atoms with Crippen LogP contribution in [0.3, 0.4) is 0 Å². The molecule has 0 amide bonds. The highest BCUT2D eigenvalue weighted by molar-refractivity contribution is 5.48. The second-order valence-electron chi connectivity index (χ2n) is 2.96. The van der Waals surface area contributed by atoms with E-state index in [4.69, 9.17) is 8.83 Å². The Morgan fingerprint density at radius 3 is 2.56 bits per heavy atom. The van der Waals surface area contributed by atoms with Gasteiger partial charge in [0, 0.05) is 6.20 Å². The van der Waals surface area contributed by atoms with Gasteiger partial charge < -0.3 is 8.83 Å². The maximum absolute atomic E-state index is 5.37. The average molecular weight is 214 g/mol. The van der Waals surface area contributed by atoms with Crippen molar-refractivity contribution in [3.8, 4) is 23.4 Å². The number of pyridine rings is 1. The maximum Gasteiger partial charge on any atom is 0.304 e. The largest absolute Gasteiger partial charge is 0.441 e. The first-order valence-electron chi connectivity index (χ1n) is 4.58. The summed E-state index contributed by atoms with van der Waals surface area (Å²) in [7, 11) is 0. The number of hydrogen-bond acceptors (Lipinski definition) is 6.